The van der Waals surface area contributed by atoms with Crippen LogP contribution in [0.5, 0.6) is 0 Å². The van der Waals surface area contributed by atoms with E-state index in [1.807, 2.05) is 19.1 Å². The lowest BCUT2D eigenvalue weighted by atomic mass is 10.2. The SMILES string of the molecule is CCCOCCCNc1ccc(N)c(C)c1. The van der Waals surface area contributed by atoms with Crippen LogP contribution in [-0.4, -0.2) is 19.8 Å². The summed E-state index contributed by atoms with van der Waals surface area (Å²) in [6.45, 7) is 6.77. The quantitative estimate of drug-likeness (QED) is 0.551. The maximum atomic E-state index is 5.75. The van der Waals surface area contributed by atoms with Crippen LogP contribution in [0.4, 0.5) is 11.4 Å². The minimum atomic E-state index is 0.828. The van der Waals surface area contributed by atoms with Crippen molar-refractivity contribution < 1.29 is 4.74 Å². The van der Waals surface area contributed by atoms with Gasteiger partial charge in [0.2, 0.25) is 0 Å². The van der Waals surface area contributed by atoms with E-state index in [0.29, 0.717) is 0 Å². The lowest BCUT2D eigenvalue weighted by Crippen LogP contribution is -2.06. The van der Waals surface area contributed by atoms with Crippen LogP contribution in [0.2, 0.25) is 0 Å². The van der Waals surface area contributed by atoms with Gasteiger partial charge in [0, 0.05) is 31.1 Å². The molecule has 3 heteroatoms. The monoisotopic (exact) mass is 222 g/mol. The Morgan fingerprint density at radius 3 is 2.81 bits per heavy atom. The molecule has 0 atom stereocenters. The highest BCUT2D eigenvalue weighted by Gasteiger charge is 1.96. The average molecular weight is 222 g/mol. The molecule has 0 saturated heterocycles. The number of hydrogen-bond acceptors (Lipinski definition) is 3. The fourth-order valence-corrected chi connectivity index (χ4v) is 1.44. The molecule has 90 valence electrons. The second kappa shape index (κ2) is 7.12. The second-order valence-electron chi connectivity index (χ2n) is 3.96. The number of nitrogen functional groups attached to an aromatic ring is 1. The van der Waals surface area contributed by atoms with Crippen molar-refractivity contribution in [1.29, 1.82) is 0 Å². The summed E-state index contributed by atoms with van der Waals surface area (Å²) in [7, 11) is 0. The molecule has 0 aliphatic heterocycles. The van der Waals surface area contributed by atoms with Gasteiger partial charge in [-0.2, -0.15) is 0 Å². The lowest BCUT2D eigenvalue weighted by molar-refractivity contribution is 0.134. The van der Waals surface area contributed by atoms with Crippen molar-refractivity contribution in [3.63, 3.8) is 0 Å². The van der Waals surface area contributed by atoms with E-state index in [1.165, 1.54) is 0 Å². The van der Waals surface area contributed by atoms with Crippen molar-refractivity contribution in [2.24, 2.45) is 0 Å². The normalized spacial score (nSPS) is 10.4. The molecule has 0 aromatic heterocycles. The first kappa shape index (κ1) is 12.8. The molecule has 0 fully saturated rings. The Labute approximate surface area is 98.0 Å². The summed E-state index contributed by atoms with van der Waals surface area (Å²) in [6.07, 6.45) is 2.12. The van der Waals surface area contributed by atoms with E-state index >= 15 is 0 Å². The minimum absolute atomic E-state index is 0.828. The molecule has 0 aliphatic carbocycles. The van der Waals surface area contributed by atoms with Gasteiger partial charge in [-0.05, 0) is 43.5 Å². The van der Waals surface area contributed by atoms with Gasteiger partial charge in [0.15, 0.2) is 0 Å². The minimum Gasteiger partial charge on any atom is -0.399 e. The first-order valence-corrected chi connectivity index (χ1v) is 5.91. The molecule has 0 heterocycles. The highest BCUT2D eigenvalue weighted by atomic mass is 16.5. The smallest absolute Gasteiger partial charge is 0.0482 e. The number of hydrogen-bond donors (Lipinski definition) is 2. The van der Waals surface area contributed by atoms with Crippen molar-refractivity contribution in [1.82, 2.24) is 0 Å². The highest BCUT2D eigenvalue weighted by molar-refractivity contribution is 5.56. The number of rotatable bonds is 7. The first-order valence-electron chi connectivity index (χ1n) is 5.91. The molecule has 0 aliphatic rings. The predicted molar refractivity (Wildman–Crippen MR) is 69.8 cm³/mol. The van der Waals surface area contributed by atoms with Crippen LogP contribution in [0, 0.1) is 6.92 Å². The van der Waals surface area contributed by atoms with Crippen LogP contribution in [0.15, 0.2) is 18.2 Å². The first-order chi connectivity index (χ1) is 7.74. The molecule has 1 aromatic carbocycles. The molecule has 0 amide bonds. The Morgan fingerprint density at radius 2 is 2.12 bits per heavy atom. The summed E-state index contributed by atoms with van der Waals surface area (Å²) in [4.78, 5) is 0. The van der Waals surface area contributed by atoms with Crippen LogP contribution in [-0.2, 0) is 4.74 Å². The van der Waals surface area contributed by atoms with Gasteiger partial charge in [0.25, 0.3) is 0 Å². The van der Waals surface area contributed by atoms with Gasteiger partial charge in [-0.1, -0.05) is 6.92 Å². The number of nitrogens with two attached hydrogens (primary N) is 1. The molecular formula is C13H22N2O. The van der Waals surface area contributed by atoms with E-state index < -0.39 is 0 Å². The zero-order valence-electron chi connectivity index (χ0n) is 10.3. The number of anilines is 2. The fraction of sp³-hybridized carbons (Fsp3) is 0.538. The largest absolute Gasteiger partial charge is 0.399 e. The fourth-order valence-electron chi connectivity index (χ4n) is 1.44. The van der Waals surface area contributed by atoms with Crippen LogP contribution in [0.3, 0.4) is 0 Å². The third-order valence-electron chi connectivity index (χ3n) is 2.41. The van der Waals surface area contributed by atoms with Gasteiger partial charge < -0.3 is 15.8 Å². The molecule has 3 nitrogen and oxygen atoms in total. The molecule has 0 saturated carbocycles. The van der Waals surface area contributed by atoms with E-state index in [9.17, 15) is 0 Å². The number of nitrogens with one attached hydrogen (secondary N) is 1. The average Bonchev–Trinajstić information content (AvgIpc) is 2.28. The van der Waals surface area contributed by atoms with Crippen molar-refractivity contribution in [3.8, 4) is 0 Å². The molecule has 0 spiro atoms. The van der Waals surface area contributed by atoms with Gasteiger partial charge in [-0.25, -0.2) is 0 Å². The Hall–Kier alpha value is -1.22. The van der Waals surface area contributed by atoms with Gasteiger partial charge >= 0.3 is 0 Å². The third kappa shape index (κ3) is 4.53. The van der Waals surface area contributed by atoms with E-state index in [1.54, 1.807) is 0 Å². The number of aryl methyl sites for hydroxylation is 1. The summed E-state index contributed by atoms with van der Waals surface area (Å²) in [5.74, 6) is 0. The van der Waals surface area contributed by atoms with Gasteiger partial charge in [0.05, 0.1) is 0 Å². The number of ether oxygens (including phenoxy) is 1. The van der Waals surface area contributed by atoms with Crippen LogP contribution >= 0.6 is 0 Å². The van der Waals surface area contributed by atoms with E-state index in [-0.39, 0.29) is 0 Å². The molecule has 0 bridgehead atoms. The van der Waals surface area contributed by atoms with Crippen molar-refractivity contribution >= 4 is 11.4 Å². The predicted octanol–water partition coefficient (Wildman–Crippen LogP) is 2.81. The van der Waals surface area contributed by atoms with Crippen LogP contribution in [0.25, 0.3) is 0 Å². The van der Waals surface area contributed by atoms with E-state index in [2.05, 4.69) is 18.3 Å². The van der Waals surface area contributed by atoms with Gasteiger partial charge in [-0.3, -0.25) is 0 Å². The zero-order chi connectivity index (χ0) is 11.8. The molecule has 1 aromatic rings. The summed E-state index contributed by atoms with van der Waals surface area (Å²) in [5.41, 5.74) is 8.84. The maximum absolute atomic E-state index is 5.75. The van der Waals surface area contributed by atoms with Crippen molar-refractivity contribution in [2.75, 3.05) is 30.8 Å². The summed E-state index contributed by atoms with van der Waals surface area (Å²) in [5, 5.41) is 3.35. The highest BCUT2D eigenvalue weighted by Crippen LogP contribution is 2.16. The van der Waals surface area contributed by atoms with E-state index in [4.69, 9.17) is 10.5 Å². The third-order valence-corrected chi connectivity index (χ3v) is 2.41. The summed E-state index contributed by atoms with van der Waals surface area (Å²) < 4.78 is 5.40. The molecule has 1 rings (SSSR count). The molecule has 3 N–H and O–H groups in total. The van der Waals surface area contributed by atoms with Crippen molar-refractivity contribution in [2.45, 2.75) is 26.7 Å². The molecule has 16 heavy (non-hydrogen) atoms. The Bertz CT molecular complexity index is 313. The number of benzene rings is 1. The standard InChI is InChI=1S/C13H22N2O/c1-3-8-16-9-4-7-15-12-5-6-13(14)11(2)10-12/h5-6,10,15H,3-4,7-9,14H2,1-2H3. The summed E-state index contributed by atoms with van der Waals surface area (Å²) in [6, 6.07) is 6.02. The van der Waals surface area contributed by atoms with Gasteiger partial charge in [0.1, 0.15) is 0 Å². The van der Waals surface area contributed by atoms with E-state index in [0.717, 1.165) is 49.5 Å². The van der Waals surface area contributed by atoms with Crippen LogP contribution < -0.4 is 11.1 Å². The van der Waals surface area contributed by atoms with Crippen LogP contribution in [0.1, 0.15) is 25.3 Å². The second-order valence-corrected chi connectivity index (χ2v) is 3.96. The Balaban J connectivity index is 2.19. The lowest BCUT2D eigenvalue weighted by Gasteiger charge is -2.08. The summed E-state index contributed by atoms with van der Waals surface area (Å²) >= 11 is 0. The molecular weight excluding hydrogens is 200 g/mol. The van der Waals surface area contributed by atoms with Crippen molar-refractivity contribution in [3.05, 3.63) is 23.8 Å². The maximum Gasteiger partial charge on any atom is 0.0482 e. The molecule has 0 unspecified atom stereocenters. The Kier molecular flexibility index (Phi) is 5.72. The van der Waals surface area contributed by atoms with Gasteiger partial charge in [-0.15, -0.1) is 0 Å². The Morgan fingerprint density at radius 1 is 1.31 bits per heavy atom. The molecule has 0 radical (unpaired) electrons. The topological polar surface area (TPSA) is 47.3 Å². The zero-order valence-corrected chi connectivity index (χ0v) is 10.3.